The topological polar surface area (TPSA) is 149 Å². The molecule has 22 heavy (non-hydrogen) atoms. The van der Waals surface area contributed by atoms with Crippen LogP contribution in [0.4, 0.5) is 0 Å². The second kappa shape index (κ2) is 7.47. The third kappa shape index (κ3) is 3.58. The Kier molecular flexibility index (Phi) is 6.11. The smallest absolute Gasteiger partial charge is 0.186 e. The lowest BCUT2D eigenvalue weighted by atomic mass is 9.97. The van der Waals surface area contributed by atoms with Crippen molar-refractivity contribution in [1.29, 1.82) is 0 Å². The minimum atomic E-state index is -1.65. The van der Waals surface area contributed by atoms with E-state index in [4.69, 9.17) is 14.2 Å². The Balaban J connectivity index is 2.08. The molecule has 2 saturated heterocycles. The van der Waals surface area contributed by atoms with Gasteiger partial charge in [-0.1, -0.05) is 6.92 Å². The third-order valence-corrected chi connectivity index (χ3v) is 4.09. The van der Waals surface area contributed by atoms with Gasteiger partial charge in [-0.05, 0) is 6.42 Å². The van der Waals surface area contributed by atoms with Crippen molar-refractivity contribution >= 4 is 0 Å². The summed E-state index contributed by atoms with van der Waals surface area (Å²) in [6, 6.07) is 0. The summed E-state index contributed by atoms with van der Waals surface area (Å²) < 4.78 is 15.9. The van der Waals surface area contributed by atoms with Crippen molar-refractivity contribution in [2.45, 2.75) is 75.1 Å². The highest BCUT2D eigenvalue weighted by molar-refractivity contribution is 4.91. The van der Waals surface area contributed by atoms with E-state index in [0.717, 1.165) is 0 Å². The van der Waals surface area contributed by atoms with E-state index in [2.05, 4.69) is 0 Å². The van der Waals surface area contributed by atoms with Crippen LogP contribution < -0.4 is 0 Å². The standard InChI is InChI=1S/C13H24O9/c1-2-5-3-6(15)8(16)13(20-5)22-11-7(4-14)21-12(19)10(18)9(11)17/h5-19H,2-4H2,1H3. The van der Waals surface area contributed by atoms with Crippen LogP contribution in [0.15, 0.2) is 0 Å². The molecule has 130 valence electrons. The van der Waals surface area contributed by atoms with E-state index in [1.165, 1.54) is 0 Å². The Morgan fingerprint density at radius 1 is 1.00 bits per heavy atom. The van der Waals surface area contributed by atoms with Gasteiger partial charge in [-0.15, -0.1) is 0 Å². The fourth-order valence-corrected chi connectivity index (χ4v) is 2.68. The summed E-state index contributed by atoms with van der Waals surface area (Å²) in [5, 5.41) is 58.1. The van der Waals surface area contributed by atoms with Crippen molar-refractivity contribution < 1.29 is 44.8 Å². The van der Waals surface area contributed by atoms with Crippen molar-refractivity contribution in [2.75, 3.05) is 6.61 Å². The third-order valence-electron chi connectivity index (χ3n) is 4.09. The van der Waals surface area contributed by atoms with E-state index in [1.807, 2.05) is 6.92 Å². The van der Waals surface area contributed by atoms with E-state index in [9.17, 15) is 30.6 Å². The van der Waals surface area contributed by atoms with Gasteiger partial charge in [0.1, 0.15) is 30.5 Å². The summed E-state index contributed by atoms with van der Waals surface area (Å²) in [6.45, 7) is 1.27. The molecule has 0 aromatic carbocycles. The maximum absolute atomic E-state index is 9.99. The first-order valence-electron chi connectivity index (χ1n) is 7.36. The van der Waals surface area contributed by atoms with E-state index in [-0.39, 0.29) is 12.5 Å². The first kappa shape index (κ1) is 18.0. The van der Waals surface area contributed by atoms with Crippen LogP contribution in [0.2, 0.25) is 0 Å². The molecular weight excluding hydrogens is 300 g/mol. The lowest BCUT2D eigenvalue weighted by Gasteiger charge is -2.44. The molecule has 0 aromatic rings. The molecule has 0 saturated carbocycles. The molecule has 6 N–H and O–H groups in total. The number of hydrogen-bond donors (Lipinski definition) is 6. The molecule has 9 heteroatoms. The molecule has 0 amide bonds. The first-order valence-corrected chi connectivity index (χ1v) is 7.36. The SMILES string of the molecule is CCC1CC(O)C(O)C(OC2C(CO)OC(O)C(O)C2O)O1. The van der Waals surface area contributed by atoms with Crippen LogP contribution in [0.25, 0.3) is 0 Å². The van der Waals surface area contributed by atoms with E-state index < -0.39 is 55.8 Å². The van der Waals surface area contributed by atoms with Crippen LogP contribution in [0.5, 0.6) is 0 Å². The van der Waals surface area contributed by atoms with Gasteiger partial charge in [0.15, 0.2) is 12.6 Å². The fraction of sp³-hybridized carbons (Fsp3) is 1.00. The fourth-order valence-electron chi connectivity index (χ4n) is 2.68. The number of ether oxygens (including phenoxy) is 3. The summed E-state index contributed by atoms with van der Waals surface area (Å²) in [5.41, 5.74) is 0. The Morgan fingerprint density at radius 2 is 1.68 bits per heavy atom. The van der Waals surface area contributed by atoms with Gasteiger partial charge in [-0.2, -0.15) is 0 Å². The van der Waals surface area contributed by atoms with Crippen molar-refractivity contribution in [3.63, 3.8) is 0 Å². The Hall–Kier alpha value is -0.360. The predicted octanol–water partition coefficient (Wildman–Crippen LogP) is -2.95. The van der Waals surface area contributed by atoms with Crippen LogP contribution >= 0.6 is 0 Å². The molecule has 0 bridgehead atoms. The van der Waals surface area contributed by atoms with Crippen LogP contribution in [-0.2, 0) is 14.2 Å². The van der Waals surface area contributed by atoms with E-state index >= 15 is 0 Å². The molecule has 9 nitrogen and oxygen atoms in total. The maximum Gasteiger partial charge on any atom is 0.186 e. The molecule has 9 atom stereocenters. The van der Waals surface area contributed by atoms with E-state index in [1.54, 1.807) is 0 Å². The lowest BCUT2D eigenvalue weighted by molar-refractivity contribution is -0.343. The van der Waals surface area contributed by atoms with Crippen LogP contribution in [0, 0.1) is 0 Å². The highest BCUT2D eigenvalue weighted by Crippen LogP contribution is 2.28. The number of hydrogen-bond acceptors (Lipinski definition) is 9. The predicted molar refractivity (Wildman–Crippen MR) is 70.4 cm³/mol. The summed E-state index contributed by atoms with van der Waals surface area (Å²) in [7, 11) is 0. The molecule has 2 heterocycles. The Bertz CT molecular complexity index is 352. The van der Waals surface area contributed by atoms with Crippen LogP contribution in [0.3, 0.4) is 0 Å². The zero-order chi connectivity index (χ0) is 16.4. The molecule has 0 radical (unpaired) electrons. The molecule has 0 aliphatic carbocycles. The zero-order valence-electron chi connectivity index (χ0n) is 12.2. The average Bonchev–Trinajstić information content (AvgIpc) is 2.51. The highest BCUT2D eigenvalue weighted by atomic mass is 16.7. The second-order valence-electron chi connectivity index (χ2n) is 5.66. The first-order chi connectivity index (χ1) is 10.4. The van der Waals surface area contributed by atoms with E-state index in [0.29, 0.717) is 6.42 Å². The minimum absolute atomic E-state index is 0.256. The number of aliphatic hydroxyl groups excluding tert-OH is 6. The highest BCUT2D eigenvalue weighted by Gasteiger charge is 2.47. The second-order valence-corrected chi connectivity index (χ2v) is 5.66. The molecule has 2 aliphatic heterocycles. The molecule has 2 aliphatic rings. The monoisotopic (exact) mass is 324 g/mol. The van der Waals surface area contributed by atoms with Crippen molar-refractivity contribution in [2.24, 2.45) is 0 Å². The maximum atomic E-state index is 9.99. The quantitative estimate of drug-likeness (QED) is 0.319. The van der Waals surface area contributed by atoms with Gasteiger partial charge in [0.25, 0.3) is 0 Å². The molecule has 0 aromatic heterocycles. The van der Waals surface area contributed by atoms with Gasteiger partial charge in [0.2, 0.25) is 0 Å². The normalized spacial score (nSPS) is 50.0. The largest absolute Gasteiger partial charge is 0.394 e. The van der Waals surface area contributed by atoms with Gasteiger partial charge < -0.3 is 44.8 Å². The number of rotatable bonds is 4. The Labute approximate surface area is 127 Å². The van der Waals surface area contributed by atoms with Gasteiger partial charge in [-0.3, -0.25) is 0 Å². The summed E-state index contributed by atoms with van der Waals surface area (Å²) >= 11 is 0. The Morgan fingerprint density at radius 3 is 2.27 bits per heavy atom. The molecule has 2 rings (SSSR count). The van der Waals surface area contributed by atoms with Gasteiger partial charge in [0, 0.05) is 6.42 Å². The van der Waals surface area contributed by atoms with Crippen molar-refractivity contribution in [1.82, 2.24) is 0 Å². The van der Waals surface area contributed by atoms with Crippen molar-refractivity contribution in [3.8, 4) is 0 Å². The lowest BCUT2D eigenvalue weighted by Crippen LogP contribution is -2.62. The van der Waals surface area contributed by atoms with Crippen LogP contribution in [0.1, 0.15) is 19.8 Å². The van der Waals surface area contributed by atoms with Crippen molar-refractivity contribution in [3.05, 3.63) is 0 Å². The summed E-state index contributed by atoms with van der Waals surface area (Å²) in [4.78, 5) is 0. The molecule has 2 fully saturated rings. The molecular formula is C13H24O9. The van der Waals surface area contributed by atoms with Gasteiger partial charge in [0.05, 0.1) is 18.8 Å². The molecule has 0 spiro atoms. The number of aliphatic hydroxyl groups is 6. The molecule has 9 unspecified atom stereocenters. The van der Waals surface area contributed by atoms with Crippen LogP contribution in [-0.4, -0.2) is 92.6 Å². The minimum Gasteiger partial charge on any atom is -0.394 e. The van der Waals surface area contributed by atoms with Gasteiger partial charge in [-0.25, -0.2) is 0 Å². The average molecular weight is 324 g/mol. The zero-order valence-corrected chi connectivity index (χ0v) is 12.2. The summed E-state index contributed by atoms with van der Waals surface area (Å²) in [5.74, 6) is 0. The van der Waals surface area contributed by atoms with Gasteiger partial charge >= 0.3 is 0 Å². The summed E-state index contributed by atoms with van der Waals surface area (Å²) in [6.07, 6.45) is -10.3.